The SMILES string of the molecule is COc1cccc(CO/N=[C]\c2ccccc2C(F)F)c1. The summed E-state index contributed by atoms with van der Waals surface area (Å²) >= 11 is 0. The Labute approximate surface area is 121 Å². The summed E-state index contributed by atoms with van der Waals surface area (Å²) in [4.78, 5) is 5.07. The van der Waals surface area contributed by atoms with E-state index in [4.69, 9.17) is 9.57 Å². The van der Waals surface area contributed by atoms with Crippen molar-refractivity contribution in [2.24, 2.45) is 5.16 Å². The second kappa shape index (κ2) is 7.38. The molecular weight excluding hydrogens is 276 g/mol. The van der Waals surface area contributed by atoms with E-state index in [9.17, 15) is 8.78 Å². The van der Waals surface area contributed by atoms with E-state index in [1.54, 1.807) is 19.2 Å². The normalized spacial score (nSPS) is 11.0. The summed E-state index contributed by atoms with van der Waals surface area (Å²) in [6, 6.07) is 13.3. The highest BCUT2D eigenvalue weighted by Crippen LogP contribution is 2.21. The van der Waals surface area contributed by atoms with Gasteiger partial charge in [0.15, 0.2) is 0 Å². The van der Waals surface area contributed by atoms with E-state index in [0.717, 1.165) is 5.56 Å². The summed E-state index contributed by atoms with van der Waals surface area (Å²) in [5.41, 5.74) is 0.964. The van der Waals surface area contributed by atoms with Gasteiger partial charge in [0, 0.05) is 11.1 Å². The maximum absolute atomic E-state index is 12.7. The quantitative estimate of drug-likeness (QED) is 0.593. The van der Waals surface area contributed by atoms with Crippen LogP contribution in [0.2, 0.25) is 0 Å². The first-order valence-corrected chi connectivity index (χ1v) is 6.28. The zero-order chi connectivity index (χ0) is 15.1. The highest BCUT2D eigenvalue weighted by atomic mass is 19.3. The average Bonchev–Trinajstić information content (AvgIpc) is 2.52. The Kier molecular flexibility index (Phi) is 5.26. The molecule has 0 saturated carbocycles. The lowest BCUT2D eigenvalue weighted by Gasteiger charge is -2.04. The van der Waals surface area contributed by atoms with Gasteiger partial charge in [-0.2, -0.15) is 0 Å². The highest BCUT2D eigenvalue weighted by molar-refractivity contribution is 5.81. The molecule has 0 N–H and O–H groups in total. The highest BCUT2D eigenvalue weighted by Gasteiger charge is 2.10. The minimum Gasteiger partial charge on any atom is -0.497 e. The molecule has 0 spiro atoms. The van der Waals surface area contributed by atoms with E-state index in [2.05, 4.69) is 11.4 Å². The van der Waals surface area contributed by atoms with Crippen LogP contribution in [0.15, 0.2) is 53.7 Å². The molecule has 0 unspecified atom stereocenters. The number of ether oxygens (including phenoxy) is 1. The molecule has 3 nitrogen and oxygen atoms in total. The van der Waals surface area contributed by atoms with Crippen LogP contribution in [0.1, 0.15) is 23.1 Å². The van der Waals surface area contributed by atoms with E-state index in [-0.39, 0.29) is 17.7 Å². The van der Waals surface area contributed by atoms with E-state index in [0.29, 0.717) is 5.75 Å². The van der Waals surface area contributed by atoms with Crippen molar-refractivity contribution in [1.82, 2.24) is 0 Å². The molecule has 21 heavy (non-hydrogen) atoms. The predicted octanol–water partition coefficient (Wildman–Crippen LogP) is 4.06. The summed E-state index contributed by atoms with van der Waals surface area (Å²) in [5, 5.41) is 3.61. The fourth-order valence-electron chi connectivity index (χ4n) is 1.74. The molecule has 2 aromatic rings. The van der Waals surface area contributed by atoms with Gasteiger partial charge < -0.3 is 9.57 Å². The van der Waals surface area contributed by atoms with Crippen LogP contribution in [0.5, 0.6) is 5.75 Å². The molecule has 0 heterocycles. The molecule has 0 aliphatic carbocycles. The number of halogens is 2. The molecule has 109 valence electrons. The van der Waals surface area contributed by atoms with Crippen LogP contribution < -0.4 is 4.74 Å². The minimum absolute atomic E-state index is 0.119. The molecule has 0 amide bonds. The van der Waals surface area contributed by atoms with Gasteiger partial charge in [-0.25, -0.2) is 8.78 Å². The van der Waals surface area contributed by atoms with Crippen molar-refractivity contribution in [2.45, 2.75) is 13.0 Å². The van der Waals surface area contributed by atoms with Gasteiger partial charge >= 0.3 is 0 Å². The van der Waals surface area contributed by atoms with Gasteiger partial charge in [-0.3, -0.25) is 0 Å². The molecule has 0 saturated heterocycles. The molecule has 0 aromatic heterocycles. The van der Waals surface area contributed by atoms with E-state index < -0.39 is 6.43 Å². The lowest BCUT2D eigenvalue weighted by molar-refractivity contribution is 0.131. The summed E-state index contributed by atoms with van der Waals surface area (Å²) in [5.74, 6) is 0.715. The van der Waals surface area contributed by atoms with E-state index >= 15 is 0 Å². The molecule has 5 heteroatoms. The molecule has 2 aromatic carbocycles. The number of rotatable bonds is 6. The second-order valence-corrected chi connectivity index (χ2v) is 4.22. The van der Waals surface area contributed by atoms with Crippen molar-refractivity contribution >= 4 is 6.21 Å². The third kappa shape index (κ3) is 4.27. The summed E-state index contributed by atoms with van der Waals surface area (Å²) in [6.45, 7) is 0.209. The second-order valence-electron chi connectivity index (χ2n) is 4.22. The van der Waals surface area contributed by atoms with Gasteiger partial charge in [-0.05, 0) is 17.7 Å². The molecule has 0 fully saturated rings. The Hall–Kier alpha value is -2.43. The van der Waals surface area contributed by atoms with E-state index in [1.807, 2.05) is 24.3 Å². The largest absolute Gasteiger partial charge is 0.497 e. The van der Waals surface area contributed by atoms with Gasteiger partial charge in [-0.15, -0.1) is 0 Å². The number of hydrogen-bond donors (Lipinski definition) is 0. The monoisotopic (exact) mass is 290 g/mol. The molecule has 2 rings (SSSR count). The van der Waals surface area contributed by atoms with Crippen molar-refractivity contribution in [1.29, 1.82) is 0 Å². The number of benzene rings is 2. The average molecular weight is 290 g/mol. The maximum Gasteiger partial charge on any atom is 0.264 e. The molecule has 0 bridgehead atoms. The topological polar surface area (TPSA) is 30.8 Å². The Balaban J connectivity index is 1.97. The van der Waals surface area contributed by atoms with E-state index in [1.165, 1.54) is 12.1 Å². The third-order valence-electron chi connectivity index (χ3n) is 2.79. The molecule has 0 atom stereocenters. The maximum atomic E-state index is 12.7. The Morgan fingerprint density at radius 1 is 1.14 bits per heavy atom. The van der Waals surface area contributed by atoms with Crippen LogP contribution in [0.4, 0.5) is 8.78 Å². The first-order chi connectivity index (χ1) is 10.2. The van der Waals surface area contributed by atoms with Crippen LogP contribution in [0, 0.1) is 0 Å². The smallest absolute Gasteiger partial charge is 0.264 e. The summed E-state index contributed by atoms with van der Waals surface area (Å²) < 4.78 is 30.6. The van der Waals surface area contributed by atoms with Gasteiger partial charge in [0.25, 0.3) is 6.43 Å². The lowest BCUT2D eigenvalue weighted by Crippen LogP contribution is -1.94. The first-order valence-electron chi connectivity index (χ1n) is 6.28. The molecule has 0 aliphatic heterocycles. The van der Waals surface area contributed by atoms with Crippen LogP contribution >= 0.6 is 0 Å². The van der Waals surface area contributed by atoms with Crippen LogP contribution in [0.3, 0.4) is 0 Å². The van der Waals surface area contributed by atoms with Crippen molar-refractivity contribution in [3.05, 3.63) is 65.2 Å². The van der Waals surface area contributed by atoms with Crippen molar-refractivity contribution in [3.63, 3.8) is 0 Å². The minimum atomic E-state index is -2.57. The van der Waals surface area contributed by atoms with Crippen LogP contribution in [-0.2, 0) is 11.4 Å². The van der Waals surface area contributed by atoms with Crippen LogP contribution in [-0.4, -0.2) is 13.3 Å². The molecule has 0 aliphatic rings. The molecule has 1 radical (unpaired) electrons. The zero-order valence-electron chi connectivity index (χ0n) is 11.4. The predicted molar refractivity (Wildman–Crippen MR) is 75.7 cm³/mol. The van der Waals surface area contributed by atoms with Gasteiger partial charge in [0.05, 0.1) is 7.11 Å². The van der Waals surface area contributed by atoms with Gasteiger partial charge in [0.2, 0.25) is 0 Å². The number of methoxy groups -OCH3 is 1. The van der Waals surface area contributed by atoms with Crippen molar-refractivity contribution in [3.8, 4) is 5.75 Å². The Morgan fingerprint density at radius 3 is 2.71 bits per heavy atom. The molecular formula is C16H14F2NO2. The Morgan fingerprint density at radius 2 is 1.95 bits per heavy atom. The number of hydrogen-bond acceptors (Lipinski definition) is 3. The van der Waals surface area contributed by atoms with Crippen molar-refractivity contribution in [2.75, 3.05) is 7.11 Å². The summed E-state index contributed by atoms with van der Waals surface area (Å²) in [6.07, 6.45) is -0.0824. The lowest BCUT2D eigenvalue weighted by atomic mass is 10.1. The third-order valence-corrected chi connectivity index (χ3v) is 2.79. The standard InChI is InChI=1S/C16H14F2NO2/c1-20-14-7-4-5-12(9-14)11-21-19-10-13-6-2-3-8-15(13)16(17)18/h2-9,16H,11H2,1H3. The van der Waals surface area contributed by atoms with Gasteiger partial charge in [-0.1, -0.05) is 41.6 Å². The van der Waals surface area contributed by atoms with Crippen LogP contribution in [0.25, 0.3) is 0 Å². The fourth-order valence-corrected chi connectivity index (χ4v) is 1.74. The number of nitrogens with zero attached hydrogens (tertiary/aromatic N) is 1. The first kappa shape index (κ1) is 15.0. The van der Waals surface area contributed by atoms with Crippen molar-refractivity contribution < 1.29 is 18.4 Å². The summed E-state index contributed by atoms with van der Waals surface area (Å²) in [7, 11) is 1.58. The zero-order valence-corrected chi connectivity index (χ0v) is 11.4. The fraction of sp³-hybridized carbons (Fsp3) is 0.188. The number of alkyl halides is 2. The van der Waals surface area contributed by atoms with Gasteiger partial charge in [0.1, 0.15) is 18.6 Å². The Bertz CT molecular complexity index is 615.